The van der Waals surface area contributed by atoms with E-state index in [1.54, 1.807) is 43.3 Å². The van der Waals surface area contributed by atoms with E-state index in [-0.39, 0.29) is 24.2 Å². The molecule has 0 radical (unpaired) electrons. The topological polar surface area (TPSA) is 81.5 Å². The summed E-state index contributed by atoms with van der Waals surface area (Å²) < 4.78 is 7.05. The molecule has 428 valence electrons. The second-order valence-electron chi connectivity index (χ2n) is 21.6. The Morgan fingerprint density at radius 3 is 1.31 bits per heavy atom. The molecule has 0 bridgehead atoms. The number of imidazole rings is 1. The van der Waals surface area contributed by atoms with Crippen LogP contribution in [-0.4, -0.2) is 51.7 Å². The minimum atomic E-state index is -0.152. The third kappa shape index (κ3) is 29.9. The van der Waals surface area contributed by atoms with Crippen LogP contribution in [0.1, 0.15) is 206 Å². The number of hydrogen-bond donors (Lipinski definition) is 0. The molecule has 1 aromatic heterocycles. The highest BCUT2D eigenvalue weighted by molar-refractivity contribution is 6.40. The van der Waals surface area contributed by atoms with Crippen molar-refractivity contribution >= 4 is 52.4 Å². The number of carbonyl (C=O) groups excluding carboxylic acids is 3. The fraction of sp³-hybridized carbons (Fsp3) is 0.500. The number of carbonyl (C=O) groups is 3. The van der Waals surface area contributed by atoms with Crippen molar-refractivity contribution in [3.8, 4) is 5.75 Å². The Hall–Kier alpha value is -4.95. The first kappa shape index (κ1) is 69.2. The Morgan fingerprint density at radius 2 is 0.949 bits per heavy atom. The van der Waals surface area contributed by atoms with Crippen molar-refractivity contribution in [1.29, 1.82) is 0 Å². The first-order chi connectivity index (χ1) is 37.1. The summed E-state index contributed by atoms with van der Waals surface area (Å²) in [5.74, 6) is 0.339. The molecule has 1 aromatic carbocycles. The molecule has 0 saturated heterocycles. The van der Waals surface area contributed by atoms with Crippen molar-refractivity contribution in [2.45, 2.75) is 206 Å². The van der Waals surface area contributed by atoms with E-state index in [4.69, 9.17) is 39.5 Å². The summed E-state index contributed by atoms with van der Waals surface area (Å²) >= 11 is 18.0. The fourth-order valence-corrected chi connectivity index (χ4v) is 9.55. The maximum atomic E-state index is 12.5. The first-order valence-corrected chi connectivity index (χ1v) is 29.6. The van der Waals surface area contributed by atoms with Crippen molar-refractivity contribution in [2.24, 2.45) is 0 Å². The first-order valence-electron chi connectivity index (χ1n) is 28.5. The number of rotatable bonds is 32. The highest BCUT2D eigenvalue weighted by Gasteiger charge is 2.22. The van der Waals surface area contributed by atoms with E-state index in [1.165, 1.54) is 86.4 Å². The lowest BCUT2D eigenvalue weighted by atomic mass is 9.89. The minimum Gasteiger partial charge on any atom is -0.489 e. The maximum absolute atomic E-state index is 12.5. The van der Waals surface area contributed by atoms with Gasteiger partial charge in [0.1, 0.15) is 12.9 Å². The lowest BCUT2D eigenvalue weighted by molar-refractivity contribution is -0.115. The third-order valence-corrected chi connectivity index (χ3v) is 14.7. The van der Waals surface area contributed by atoms with Crippen molar-refractivity contribution in [3.63, 3.8) is 0 Å². The average Bonchev–Trinajstić information content (AvgIpc) is 3.93. The van der Waals surface area contributed by atoms with Gasteiger partial charge in [0.05, 0.1) is 16.6 Å². The van der Waals surface area contributed by atoms with Gasteiger partial charge in [0, 0.05) is 40.7 Å². The van der Waals surface area contributed by atoms with E-state index in [9.17, 15) is 14.4 Å². The summed E-state index contributed by atoms with van der Waals surface area (Å²) in [5.41, 5.74) is 14.9. The molecule has 2 aromatic rings. The molecule has 1 heterocycles. The van der Waals surface area contributed by atoms with Crippen LogP contribution in [0.25, 0.3) is 0 Å². The number of Topliss-reactive ketones (excluding diaryl/α,β-unsaturated/α-hetero) is 1. The molecule has 0 fully saturated rings. The van der Waals surface area contributed by atoms with Gasteiger partial charge in [0.25, 0.3) is 0 Å². The van der Waals surface area contributed by atoms with Crippen LogP contribution in [0.2, 0.25) is 15.1 Å². The number of aromatic nitrogens is 2. The average molecular weight is 1130 g/mol. The van der Waals surface area contributed by atoms with Gasteiger partial charge in [-0.2, -0.15) is 0 Å². The number of ketones is 2. The molecule has 0 aliphatic heterocycles. The Bertz CT molecular complexity index is 2570. The monoisotopic (exact) mass is 1120 g/mol. The van der Waals surface area contributed by atoms with Gasteiger partial charge in [-0.05, 0) is 217 Å². The Balaban J connectivity index is 0.000000745. The zero-order valence-corrected chi connectivity index (χ0v) is 52.4. The summed E-state index contributed by atoms with van der Waals surface area (Å²) in [6, 6.07) is 2.97. The Kier molecular flexibility index (Phi) is 35.0. The van der Waals surface area contributed by atoms with Gasteiger partial charge < -0.3 is 9.64 Å². The molecule has 3 rings (SSSR count). The summed E-state index contributed by atoms with van der Waals surface area (Å²) in [6.45, 7) is 29.2. The molecule has 1 amide bonds. The van der Waals surface area contributed by atoms with E-state index in [2.05, 4.69) is 129 Å². The second kappa shape index (κ2) is 39.4. The predicted molar refractivity (Wildman–Crippen MR) is 336 cm³/mol. The molecule has 0 saturated carbocycles. The molecule has 1 aliphatic carbocycles. The number of allylic oxidation sites excluding steroid dienone is 22. The second-order valence-corrected chi connectivity index (χ2v) is 22.8. The van der Waals surface area contributed by atoms with Crippen LogP contribution in [0.5, 0.6) is 5.75 Å². The van der Waals surface area contributed by atoms with E-state index in [1.807, 2.05) is 6.92 Å². The van der Waals surface area contributed by atoms with Crippen LogP contribution in [0, 0.1) is 0 Å². The Labute approximate surface area is 487 Å². The van der Waals surface area contributed by atoms with Gasteiger partial charge >= 0.3 is 6.03 Å². The van der Waals surface area contributed by atoms with Crippen molar-refractivity contribution in [3.05, 3.63) is 174 Å². The van der Waals surface area contributed by atoms with Crippen LogP contribution >= 0.6 is 34.8 Å². The predicted octanol–water partition coefficient (Wildman–Crippen LogP) is 21.2. The van der Waals surface area contributed by atoms with Crippen molar-refractivity contribution < 1.29 is 19.1 Å². The summed E-state index contributed by atoms with van der Waals surface area (Å²) in [7, 11) is 0. The maximum Gasteiger partial charge on any atom is 0.329 e. The van der Waals surface area contributed by atoms with Crippen LogP contribution in [0.3, 0.4) is 0 Å². The molecule has 7 nitrogen and oxygen atoms in total. The fourth-order valence-electron chi connectivity index (χ4n) is 8.63. The molecule has 78 heavy (non-hydrogen) atoms. The van der Waals surface area contributed by atoms with Gasteiger partial charge in [-0.15, -0.1) is 0 Å². The smallest absolute Gasteiger partial charge is 0.329 e. The summed E-state index contributed by atoms with van der Waals surface area (Å²) in [6.07, 6.45) is 47.0. The molecule has 0 spiro atoms. The largest absolute Gasteiger partial charge is 0.489 e. The molecule has 0 N–H and O–H groups in total. The molecular weight excluding hydrogens is 1030 g/mol. The third-order valence-electron chi connectivity index (χ3n) is 13.9. The van der Waals surface area contributed by atoms with E-state index in [0.29, 0.717) is 57.0 Å². The SMILES string of the molecule is CC(C)=CCC/C(C)=C/CC/C(C)=C/CC/C(C)=C\CC/C(C)=C/CC/C(C)=C/CC/C(C)=C/CC/C(C)=C/CC/C(C)=C/CC1=CC(=O)C(C)=C(C)C1=O.CCCN(CCOc1c(Cl)cc(Cl)cc1Cl)C(=O)n1ccnc1. The number of halogens is 3. The standard InChI is InChI=1S/C53H80O2.C15H16Cl3N3O2/c1-40(2)21-13-22-41(3)23-14-24-42(4)25-15-26-43(5)27-16-28-44(6)29-17-30-45(7)31-18-32-46(8)33-19-34-47(9)35-20-36-48(10)37-38-51-39-52(54)49(11)50(12)53(51)55;1-2-4-20(15(22)21-5-3-19-10-21)6-7-23-14-12(17)8-11(16)9-13(14)18/h21,23,25,27,29,31,33,35,37,39H,13-20,22,24,26,28,30,32,34,36,38H2,1-12H3;3,5,8-10H,2,4,6-7H2,1H3/b41-23+,42-25+,43-27-,44-29+,45-31+,46-33+,47-35+,48-37+;. The van der Waals surface area contributed by atoms with Crippen molar-refractivity contribution in [2.75, 3.05) is 19.7 Å². The molecular formula is C68H96Cl3N3O4. The Morgan fingerprint density at radius 1 is 0.564 bits per heavy atom. The molecule has 1 aliphatic rings. The normalized spacial score (nSPS) is 14.4. The van der Waals surface area contributed by atoms with Crippen LogP contribution < -0.4 is 4.74 Å². The number of benzene rings is 1. The highest BCUT2D eigenvalue weighted by atomic mass is 35.5. The number of amides is 1. The van der Waals surface area contributed by atoms with Gasteiger partial charge in [0.2, 0.25) is 0 Å². The van der Waals surface area contributed by atoms with E-state index in [0.717, 1.165) is 89.9 Å². The van der Waals surface area contributed by atoms with Crippen molar-refractivity contribution in [1.82, 2.24) is 14.5 Å². The lowest BCUT2D eigenvalue weighted by Crippen LogP contribution is -2.37. The van der Waals surface area contributed by atoms with E-state index >= 15 is 0 Å². The van der Waals surface area contributed by atoms with E-state index < -0.39 is 0 Å². The quantitative estimate of drug-likeness (QED) is 0.0539. The van der Waals surface area contributed by atoms with Gasteiger partial charge in [-0.3, -0.25) is 14.2 Å². The zero-order chi connectivity index (χ0) is 58.0. The highest BCUT2D eigenvalue weighted by Crippen LogP contribution is 2.36. The summed E-state index contributed by atoms with van der Waals surface area (Å²) in [5, 5.41) is 1.12. The lowest BCUT2D eigenvalue weighted by Gasteiger charge is -2.22. The van der Waals surface area contributed by atoms with Gasteiger partial charge in [-0.25, -0.2) is 9.78 Å². The number of hydrogen-bond acceptors (Lipinski definition) is 5. The van der Waals surface area contributed by atoms with Crippen LogP contribution in [-0.2, 0) is 9.59 Å². The molecule has 10 heteroatoms. The number of nitrogens with zero attached hydrogens (tertiary/aromatic N) is 3. The van der Waals surface area contributed by atoms with Crippen LogP contribution in [0.4, 0.5) is 4.79 Å². The minimum absolute atomic E-state index is 0.00932. The van der Waals surface area contributed by atoms with Gasteiger partial charge in [0.15, 0.2) is 17.3 Å². The number of ether oxygens (including phenoxy) is 1. The summed E-state index contributed by atoms with van der Waals surface area (Å²) in [4.78, 5) is 42.5. The van der Waals surface area contributed by atoms with Crippen LogP contribution in [0.15, 0.2) is 158 Å². The zero-order valence-electron chi connectivity index (χ0n) is 50.1. The molecule has 0 unspecified atom stereocenters. The van der Waals surface area contributed by atoms with Gasteiger partial charge in [-0.1, -0.05) is 147 Å². The molecule has 0 atom stereocenters.